The molecule has 3 N–H and O–H groups in total. The average Bonchev–Trinajstić information content (AvgIpc) is 2.57. The van der Waals surface area contributed by atoms with Crippen LogP contribution in [0.1, 0.15) is 43.7 Å². The fourth-order valence-electron chi connectivity index (χ4n) is 2.29. The zero-order valence-corrected chi connectivity index (χ0v) is 15.7. The number of unbranched alkanes of at least 4 members (excludes halogenated alkanes) is 3. The van der Waals surface area contributed by atoms with Gasteiger partial charge < -0.3 is 10.6 Å². The lowest BCUT2D eigenvalue weighted by Gasteiger charge is -2.12. The van der Waals surface area contributed by atoms with Gasteiger partial charge >= 0.3 is 0 Å². The van der Waals surface area contributed by atoms with E-state index in [2.05, 4.69) is 27.3 Å². The summed E-state index contributed by atoms with van der Waals surface area (Å²) in [5.74, 6) is 0.751. The molecule has 7 heteroatoms. The minimum Gasteiger partial charge on any atom is -0.356 e. The van der Waals surface area contributed by atoms with E-state index in [-0.39, 0.29) is 5.75 Å². The first-order valence-corrected chi connectivity index (χ1v) is 10.1. The Bertz CT molecular complexity index is 615. The van der Waals surface area contributed by atoms with Crippen LogP contribution in [0.4, 0.5) is 0 Å². The van der Waals surface area contributed by atoms with Crippen LogP contribution < -0.4 is 15.4 Å². The number of nitrogens with zero attached hydrogens (tertiary/aromatic N) is 1. The molecule has 0 spiro atoms. The van der Waals surface area contributed by atoms with E-state index in [4.69, 9.17) is 0 Å². The Morgan fingerprint density at radius 3 is 2.54 bits per heavy atom. The van der Waals surface area contributed by atoms with Gasteiger partial charge in [0.2, 0.25) is 10.0 Å². The van der Waals surface area contributed by atoms with Gasteiger partial charge in [0, 0.05) is 20.1 Å². The van der Waals surface area contributed by atoms with Crippen molar-refractivity contribution in [3.63, 3.8) is 0 Å². The quantitative estimate of drug-likeness (QED) is 0.341. The number of rotatable bonds is 10. The first-order chi connectivity index (χ1) is 11.5. The van der Waals surface area contributed by atoms with Crippen molar-refractivity contribution in [2.45, 2.75) is 44.9 Å². The van der Waals surface area contributed by atoms with Crippen molar-refractivity contribution >= 4 is 16.0 Å². The van der Waals surface area contributed by atoms with Gasteiger partial charge in [0.05, 0.1) is 5.75 Å². The minimum absolute atomic E-state index is 0.0122. The lowest BCUT2D eigenvalue weighted by molar-refractivity contribution is 0.587. The van der Waals surface area contributed by atoms with Crippen LogP contribution >= 0.6 is 0 Å². The molecule has 0 atom stereocenters. The van der Waals surface area contributed by atoms with Crippen molar-refractivity contribution in [1.29, 1.82) is 0 Å². The predicted molar refractivity (Wildman–Crippen MR) is 100 cm³/mol. The van der Waals surface area contributed by atoms with E-state index >= 15 is 0 Å². The molecule has 24 heavy (non-hydrogen) atoms. The van der Waals surface area contributed by atoms with Crippen LogP contribution in [0.3, 0.4) is 0 Å². The molecule has 0 aliphatic rings. The molecule has 1 rings (SSSR count). The van der Waals surface area contributed by atoms with E-state index in [0.29, 0.717) is 6.54 Å². The number of aliphatic imine (C=N–C) groups is 1. The van der Waals surface area contributed by atoms with Crippen molar-refractivity contribution in [2.75, 3.05) is 20.6 Å². The first kappa shape index (κ1) is 20.4. The van der Waals surface area contributed by atoms with Crippen LogP contribution in [0.25, 0.3) is 0 Å². The highest BCUT2D eigenvalue weighted by molar-refractivity contribution is 7.88. The molecule has 0 amide bonds. The van der Waals surface area contributed by atoms with Gasteiger partial charge in [-0.1, -0.05) is 50.5 Å². The summed E-state index contributed by atoms with van der Waals surface area (Å²) in [6.07, 6.45) is 4.84. The minimum atomic E-state index is -3.25. The maximum Gasteiger partial charge on any atom is 0.215 e. The van der Waals surface area contributed by atoms with Gasteiger partial charge in [-0.2, -0.15) is 0 Å². The first-order valence-electron chi connectivity index (χ1n) is 8.44. The number of hydrogen-bond donors (Lipinski definition) is 3. The third-order valence-corrected chi connectivity index (χ3v) is 5.00. The predicted octanol–water partition coefficient (Wildman–Crippen LogP) is 1.98. The highest BCUT2D eigenvalue weighted by Gasteiger charge is 2.08. The summed E-state index contributed by atoms with van der Waals surface area (Å²) >= 11 is 0. The molecule has 6 nitrogen and oxygen atoms in total. The molecule has 0 bridgehead atoms. The third-order valence-electron chi connectivity index (χ3n) is 3.67. The van der Waals surface area contributed by atoms with Crippen LogP contribution in [-0.2, 0) is 22.3 Å². The molecule has 0 heterocycles. The summed E-state index contributed by atoms with van der Waals surface area (Å²) in [6.45, 7) is 3.70. The van der Waals surface area contributed by atoms with Crippen LogP contribution in [-0.4, -0.2) is 35.0 Å². The summed E-state index contributed by atoms with van der Waals surface area (Å²) < 4.78 is 25.6. The Hall–Kier alpha value is -1.60. The van der Waals surface area contributed by atoms with Gasteiger partial charge in [0.15, 0.2) is 5.96 Å². The molecule has 136 valence electrons. The topological polar surface area (TPSA) is 82.6 Å². The van der Waals surface area contributed by atoms with Crippen LogP contribution in [0.5, 0.6) is 0 Å². The van der Waals surface area contributed by atoms with E-state index in [1.807, 2.05) is 24.3 Å². The van der Waals surface area contributed by atoms with Gasteiger partial charge in [-0.05, 0) is 24.6 Å². The molecule has 0 aromatic heterocycles. The molecule has 1 aromatic carbocycles. The molecule has 0 radical (unpaired) electrons. The van der Waals surface area contributed by atoms with Crippen LogP contribution in [0, 0.1) is 0 Å². The van der Waals surface area contributed by atoms with Crippen molar-refractivity contribution < 1.29 is 8.42 Å². The van der Waals surface area contributed by atoms with Crippen molar-refractivity contribution in [2.24, 2.45) is 4.99 Å². The fraction of sp³-hybridized carbons (Fsp3) is 0.588. The highest BCUT2D eigenvalue weighted by Crippen LogP contribution is 2.08. The Morgan fingerprint density at radius 2 is 1.88 bits per heavy atom. The summed E-state index contributed by atoms with van der Waals surface area (Å²) in [7, 11) is -0.0767. The Kier molecular flexibility index (Phi) is 9.41. The Balaban J connectivity index is 2.48. The number of sulfonamides is 1. The maximum absolute atomic E-state index is 11.6. The van der Waals surface area contributed by atoms with E-state index in [9.17, 15) is 8.42 Å². The van der Waals surface area contributed by atoms with Crippen LogP contribution in [0.2, 0.25) is 0 Å². The van der Waals surface area contributed by atoms with Gasteiger partial charge in [-0.25, -0.2) is 13.1 Å². The molecule has 0 fully saturated rings. The Morgan fingerprint density at radius 1 is 1.12 bits per heavy atom. The molecule has 0 aliphatic heterocycles. The number of benzene rings is 1. The lowest BCUT2D eigenvalue weighted by Crippen LogP contribution is -2.37. The average molecular weight is 355 g/mol. The van der Waals surface area contributed by atoms with Gasteiger partial charge in [-0.15, -0.1) is 0 Å². The molecule has 1 aromatic rings. The van der Waals surface area contributed by atoms with Crippen molar-refractivity contribution in [3.8, 4) is 0 Å². The highest BCUT2D eigenvalue weighted by atomic mass is 32.2. The third kappa shape index (κ3) is 8.31. The standard InChI is InChI=1S/C17H30N4O2S/c1-4-5-6-7-11-20-17(18-2)21-13-15-9-8-10-16(12-15)14-24(22,23)19-3/h8-10,12,19H,4-7,11,13-14H2,1-3H3,(H2,18,20,21). The SMILES string of the molecule is CCCCCCNC(=NC)NCc1cccc(CS(=O)(=O)NC)c1. The maximum atomic E-state index is 11.6. The van der Waals surface area contributed by atoms with E-state index in [1.165, 1.54) is 26.3 Å². The molecule has 0 aliphatic carbocycles. The molecular formula is C17H30N4O2S. The van der Waals surface area contributed by atoms with Gasteiger partial charge in [0.1, 0.15) is 0 Å². The number of guanidine groups is 1. The normalized spacial score (nSPS) is 12.2. The number of hydrogen-bond acceptors (Lipinski definition) is 3. The molecule has 0 unspecified atom stereocenters. The van der Waals surface area contributed by atoms with Crippen molar-refractivity contribution in [3.05, 3.63) is 35.4 Å². The second-order valence-electron chi connectivity index (χ2n) is 5.70. The van der Waals surface area contributed by atoms with Crippen molar-refractivity contribution in [1.82, 2.24) is 15.4 Å². The second-order valence-corrected chi connectivity index (χ2v) is 7.62. The largest absolute Gasteiger partial charge is 0.356 e. The summed E-state index contributed by atoms with van der Waals surface area (Å²) in [5, 5.41) is 6.55. The fourth-order valence-corrected chi connectivity index (χ4v) is 3.05. The monoisotopic (exact) mass is 354 g/mol. The smallest absolute Gasteiger partial charge is 0.215 e. The lowest BCUT2D eigenvalue weighted by atomic mass is 10.1. The molecular weight excluding hydrogens is 324 g/mol. The van der Waals surface area contributed by atoms with Crippen LogP contribution in [0.15, 0.2) is 29.3 Å². The van der Waals surface area contributed by atoms with E-state index in [1.54, 1.807) is 7.05 Å². The van der Waals surface area contributed by atoms with Gasteiger partial charge in [0.25, 0.3) is 0 Å². The molecule has 0 saturated heterocycles. The zero-order chi connectivity index (χ0) is 17.8. The van der Waals surface area contributed by atoms with Gasteiger partial charge in [-0.3, -0.25) is 4.99 Å². The van der Waals surface area contributed by atoms with E-state index in [0.717, 1.165) is 30.1 Å². The second kappa shape index (κ2) is 11.0. The summed E-state index contributed by atoms with van der Waals surface area (Å²) in [4.78, 5) is 4.20. The summed E-state index contributed by atoms with van der Waals surface area (Å²) in [5.41, 5.74) is 1.79. The summed E-state index contributed by atoms with van der Waals surface area (Å²) in [6, 6.07) is 7.56. The van der Waals surface area contributed by atoms with E-state index < -0.39 is 10.0 Å². The number of nitrogens with one attached hydrogen (secondary N) is 3. The zero-order valence-electron chi connectivity index (χ0n) is 14.9. The Labute approximate surface area is 146 Å². The molecule has 0 saturated carbocycles.